The van der Waals surface area contributed by atoms with Gasteiger partial charge < -0.3 is 15.2 Å². The van der Waals surface area contributed by atoms with E-state index < -0.39 is 0 Å². The number of hydrogen-bond acceptors (Lipinski definition) is 5. The number of nitrogens with two attached hydrogens (primary N) is 1. The molecule has 0 amide bonds. The van der Waals surface area contributed by atoms with E-state index >= 15 is 0 Å². The highest BCUT2D eigenvalue weighted by Gasteiger charge is 2.12. The van der Waals surface area contributed by atoms with Crippen LogP contribution in [-0.2, 0) is 6.42 Å². The van der Waals surface area contributed by atoms with E-state index in [-0.39, 0.29) is 0 Å². The number of methoxy groups -OCH3 is 2. The summed E-state index contributed by atoms with van der Waals surface area (Å²) in [6.07, 6.45) is 0.793. The lowest BCUT2D eigenvalue weighted by Gasteiger charge is -2.14. The fraction of sp³-hybridized carbons (Fsp3) is 0.538. The molecular formula is C13H21NO2S2. The minimum absolute atomic E-state index is 0.564. The van der Waals surface area contributed by atoms with Crippen molar-refractivity contribution in [1.82, 2.24) is 0 Å². The zero-order valence-corrected chi connectivity index (χ0v) is 13.0. The number of ether oxygens (including phenoxy) is 2. The minimum atomic E-state index is 0.564. The molecular weight excluding hydrogens is 266 g/mol. The maximum atomic E-state index is 5.61. The van der Waals surface area contributed by atoms with Crippen LogP contribution in [0.15, 0.2) is 17.0 Å². The Morgan fingerprint density at radius 2 is 1.83 bits per heavy atom. The quantitative estimate of drug-likeness (QED) is 0.779. The van der Waals surface area contributed by atoms with Crippen LogP contribution in [-0.4, -0.2) is 26.0 Å². The zero-order valence-electron chi connectivity index (χ0n) is 11.4. The molecule has 0 fully saturated rings. The van der Waals surface area contributed by atoms with Crippen molar-refractivity contribution in [1.29, 1.82) is 0 Å². The van der Waals surface area contributed by atoms with Crippen molar-refractivity contribution in [3.63, 3.8) is 0 Å². The monoisotopic (exact) mass is 287 g/mol. The van der Waals surface area contributed by atoms with Crippen LogP contribution in [0.5, 0.6) is 11.5 Å². The van der Waals surface area contributed by atoms with Gasteiger partial charge in [0.2, 0.25) is 0 Å². The molecule has 0 bridgehead atoms. The van der Waals surface area contributed by atoms with Gasteiger partial charge in [0.05, 0.1) is 19.1 Å². The van der Waals surface area contributed by atoms with Gasteiger partial charge in [-0.25, -0.2) is 0 Å². The molecule has 1 rings (SSSR count). The third-order valence-corrected chi connectivity index (χ3v) is 5.27. The van der Waals surface area contributed by atoms with Crippen molar-refractivity contribution in [2.24, 2.45) is 5.73 Å². The first kappa shape index (κ1) is 15.5. The molecule has 0 unspecified atom stereocenters. The van der Waals surface area contributed by atoms with Gasteiger partial charge in [0.25, 0.3) is 0 Å². The maximum Gasteiger partial charge on any atom is 0.133 e. The summed E-state index contributed by atoms with van der Waals surface area (Å²) in [5.41, 5.74) is 6.70. The van der Waals surface area contributed by atoms with Gasteiger partial charge in [-0.3, -0.25) is 0 Å². The predicted octanol–water partition coefficient (Wildman–Crippen LogP) is 3.35. The molecule has 1 aromatic rings. The van der Waals surface area contributed by atoms with Gasteiger partial charge in [-0.1, -0.05) is 35.4 Å². The van der Waals surface area contributed by atoms with Crippen molar-refractivity contribution in [2.75, 3.05) is 20.8 Å². The highest BCUT2D eigenvalue weighted by molar-refractivity contribution is 8.77. The van der Waals surface area contributed by atoms with Crippen LogP contribution >= 0.6 is 21.6 Å². The summed E-state index contributed by atoms with van der Waals surface area (Å²) in [5, 5.41) is 0.564. The van der Waals surface area contributed by atoms with Crippen LogP contribution in [0.3, 0.4) is 0 Å². The van der Waals surface area contributed by atoms with Gasteiger partial charge in [-0.05, 0) is 30.7 Å². The first-order chi connectivity index (χ1) is 8.62. The third kappa shape index (κ3) is 4.30. The second-order valence-corrected chi connectivity index (χ2v) is 6.90. The van der Waals surface area contributed by atoms with E-state index in [9.17, 15) is 0 Å². The fourth-order valence-corrected chi connectivity index (χ4v) is 3.45. The Kier molecular flexibility index (Phi) is 6.75. The van der Waals surface area contributed by atoms with Gasteiger partial charge >= 0.3 is 0 Å². The average Bonchev–Trinajstić information content (AvgIpc) is 2.36. The van der Waals surface area contributed by atoms with Gasteiger partial charge in [0, 0.05) is 5.25 Å². The molecule has 0 heterocycles. The number of benzene rings is 1. The number of hydrogen-bond donors (Lipinski definition) is 1. The van der Waals surface area contributed by atoms with Crippen molar-refractivity contribution >= 4 is 21.6 Å². The van der Waals surface area contributed by atoms with Gasteiger partial charge in [0.15, 0.2) is 0 Å². The Labute approximate surface area is 117 Å². The molecule has 3 nitrogen and oxygen atoms in total. The first-order valence-corrected chi connectivity index (χ1v) is 8.12. The summed E-state index contributed by atoms with van der Waals surface area (Å²) < 4.78 is 10.8. The summed E-state index contributed by atoms with van der Waals surface area (Å²) in [4.78, 5) is 1.09. The lowest BCUT2D eigenvalue weighted by atomic mass is 10.1. The second kappa shape index (κ2) is 7.81. The van der Waals surface area contributed by atoms with E-state index in [1.807, 2.05) is 22.9 Å². The second-order valence-electron chi connectivity index (χ2n) is 4.08. The summed E-state index contributed by atoms with van der Waals surface area (Å²) in [6, 6.07) is 4.05. The summed E-state index contributed by atoms with van der Waals surface area (Å²) in [6.45, 7) is 4.95. The smallest absolute Gasteiger partial charge is 0.133 e. The average molecular weight is 287 g/mol. The highest BCUT2D eigenvalue weighted by Crippen LogP contribution is 2.42. The van der Waals surface area contributed by atoms with Crippen molar-refractivity contribution in [3.05, 3.63) is 17.7 Å². The van der Waals surface area contributed by atoms with E-state index in [0.717, 1.165) is 28.4 Å². The van der Waals surface area contributed by atoms with Gasteiger partial charge in [-0.15, -0.1) is 0 Å². The van der Waals surface area contributed by atoms with Crippen LogP contribution in [0, 0.1) is 0 Å². The summed E-state index contributed by atoms with van der Waals surface area (Å²) in [5.74, 6) is 1.77. The Bertz CT molecular complexity index is 383. The Morgan fingerprint density at radius 3 is 2.33 bits per heavy atom. The number of rotatable bonds is 7. The van der Waals surface area contributed by atoms with Crippen LogP contribution in [0.4, 0.5) is 0 Å². The maximum absolute atomic E-state index is 5.61. The standard InChI is InChI=1S/C13H21NO2S2/c1-9(2)17-18-13-8-11(15-3)10(5-6-14)7-12(13)16-4/h7-9H,5-6,14H2,1-4H3. The minimum Gasteiger partial charge on any atom is -0.496 e. The predicted molar refractivity (Wildman–Crippen MR) is 80.9 cm³/mol. The molecule has 18 heavy (non-hydrogen) atoms. The molecule has 0 radical (unpaired) electrons. The lowest BCUT2D eigenvalue weighted by Crippen LogP contribution is -2.05. The van der Waals surface area contributed by atoms with E-state index in [1.54, 1.807) is 25.0 Å². The Morgan fingerprint density at radius 1 is 1.17 bits per heavy atom. The van der Waals surface area contributed by atoms with E-state index in [0.29, 0.717) is 11.8 Å². The molecule has 0 aliphatic carbocycles. The molecule has 0 aromatic heterocycles. The highest BCUT2D eigenvalue weighted by atomic mass is 33.1. The fourth-order valence-electron chi connectivity index (χ4n) is 1.50. The first-order valence-electron chi connectivity index (χ1n) is 5.90. The third-order valence-electron chi connectivity index (χ3n) is 2.31. The van der Waals surface area contributed by atoms with Gasteiger partial charge in [0.1, 0.15) is 11.5 Å². The Hall–Kier alpha value is -0.520. The van der Waals surface area contributed by atoms with Crippen LogP contribution in [0.25, 0.3) is 0 Å². The largest absolute Gasteiger partial charge is 0.496 e. The molecule has 2 N–H and O–H groups in total. The molecule has 102 valence electrons. The molecule has 0 atom stereocenters. The SMILES string of the molecule is COc1cc(SSC(C)C)c(OC)cc1CCN. The Balaban J connectivity index is 3.01. The van der Waals surface area contributed by atoms with Crippen molar-refractivity contribution < 1.29 is 9.47 Å². The van der Waals surface area contributed by atoms with Gasteiger partial charge in [-0.2, -0.15) is 0 Å². The normalized spacial score (nSPS) is 10.8. The van der Waals surface area contributed by atoms with E-state index in [1.165, 1.54) is 0 Å². The van der Waals surface area contributed by atoms with Crippen molar-refractivity contribution in [2.45, 2.75) is 30.4 Å². The van der Waals surface area contributed by atoms with Crippen LogP contribution in [0.1, 0.15) is 19.4 Å². The molecule has 0 saturated heterocycles. The topological polar surface area (TPSA) is 44.5 Å². The van der Waals surface area contributed by atoms with Crippen LogP contribution in [0.2, 0.25) is 0 Å². The summed E-state index contributed by atoms with van der Waals surface area (Å²) >= 11 is 0. The summed E-state index contributed by atoms with van der Waals surface area (Å²) in [7, 11) is 6.90. The molecule has 1 aromatic carbocycles. The van der Waals surface area contributed by atoms with E-state index in [2.05, 4.69) is 13.8 Å². The molecule has 0 aliphatic heterocycles. The molecule has 0 spiro atoms. The molecule has 0 aliphatic rings. The zero-order chi connectivity index (χ0) is 13.5. The van der Waals surface area contributed by atoms with E-state index in [4.69, 9.17) is 15.2 Å². The van der Waals surface area contributed by atoms with Crippen molar-refractivity contribution in [3.8, 4) is 11.5 Å². The van der Waals surface area contributed by atoms with Crippen LogP contribution < -0.4 is 15.2 Å². The lowest BCUT2D eigenvalue weighted by molar-refractivity contribution is 0.390. The molecule has 0 saturated carbocycles. The molecule has 5 heteroatoms.